The second-order valence-electron chi connectivity index (χ2n) is 7.01. The Morgan fingerprint density at radius 1 is 1.10 bits per heavy atom. The van der Waals surface area contributed by atoms with Crippen molar-refractivity contribution >= 4 is 43.2 Å². The van der Waals surface area contributed by atoms with E-state index >= 15 is 0 Å². The molecule has 0 aliphatic carbocycles. The fraction of sp³-hybridized carbons (Fsp3) is 0.381. The number of amides is 1. The third-order valence-corrected chi connectivity index (χ3v) is 7.03. The van der Waals surface area contributed by atoms with Gasteiger partial charge < -0.3 is 15.1 Å². The van der Waals surface area contributed by atoms with Gasteiger partial charge >= 0.3 is 0 Å². The van der Waals surface area contributed by atoms with Gasteiger partial charge in [-0.15, -0.1) is 0 Å². The van der Waals surface area contributed by atoms with Crippen LogP contribution in [-0.2, 0) is 10.0 Å². The molecule has 30 heavy (non-hydrogen) atoms. The molecule has 2 aromatic rings. The zero-order valence-electron chi connectivity index (χ0n) is 17.2. The van der Waals surface area contributed by atoms with E-state index in [1.165, 1.54) is 0 Å². The van der Waals surface area contributed by atoms with Crippen LogP contribution in [0, 0.1) is 0 Å². The van der Waals surface area contributed by atoms with Crippen LogP contribution in [0.25, 0.3) is 0 Å². The molecule has 0 aromatic heterocycles. The number of benzene rings is 2. The molecule has 0 unspecified atom stereocenters. The highest BCUT2D eigenvalue weighted by Gasteiger charge is 2.22. The van der Waals surface area contributed by atoms with Gasteiger partial charge in [0.15, 0.2) is 0 Å². The van der Waals surface area contributed by atoms with Crippen molar-refractivity contribution in [1.29, 1.82) is 0 Å². The summed E-state index contributed by atoms with van der Waals surface area (Å²) in [7, 11) is -3.80. The Kier molecular flexibility index (Phi) is 7.38. The Morgan fingerprint density at radius 2 is 1.73 bits per heavy atom. The molecule has 1 aliphatic rings. The van der Waals surface area contributed by atoms with E-state index < -0.39 is 10.0 Å². The molecule has 0 saturated carbocycles. The molecule has 2 aromatic carbocycles. The lowest BCUT2D eigenvalue weighted by Crippen LogP contribution is -2.43. The van der Waals surface area contributed by atoms with Crippen molar-refractivity contribution in [1.82, 2.24) is 10.2 Å². The highest BCUT2D eigenvalue weighted by molar-refractivity contribution is 9.10. The first kappa shape index (κ1) is 22.6. The molecule has 0 radical (unpaired) electrons. The zero-order chi connectivity index (χ0) is 21.7. The lowest BCUT2D eigenvalue weighted by Gasteiger charge is -2.31. The molecule has 1 amide bonds. The van der Waals surface area contributed by atoms with Crippen molar-refractivity contribution in [3.05, 3.63) is 52.5 Å². The Labute approximate surface area is 186 Å². The van der Waals surface area contributed by atoms with Crippen molar-refractivity contribution < 1.29 is 13.2 Å². The monoisotopic (exact) mass is 494 g/mol. The van der Waals surface area contributed by atoms with Crippen LogP contribution in [0.15, 0.2) is 51.8 Å². The van der Waals surface area contributed by atoms with Crippen LogP contribution >= 0.6 is 15.9 Å². The van der Waals surface area contributed by atoms with E-state index in [0.29, 0.717) is 24.3 Å². The highest BCUT2D eigenvalue weighted by Crippen LogP contribution is 2.30. The number of hydrogen-bond donors (Lipinski definition) is 2. The summed E-state index contributed by atoms with van der Waals surface area (Å²) in [6.07, 6.45) is 0. The van der Waals surface area contributed by atoms with Crippen LogP contribution < -0.4 is 14.9 Å². The maximum Gasteiger partial charge on any atom is 0.261 e. The van der Waals surface area contributed by atoms with Gasteiger partial charge in [0.25, 0.3) is 15.9 Å². The SMILES string of the molecule is CCN(CC)C(=O)c1ccc(N2CCNCC2)c(NS(=O)(=O)c2ccc(Br)cc2)c1. The van der Waals surface area contributed by atoms with E-state index in [9.17, 15) is 13.2 Å². The molecule has 1 heterocycles. The quantitative estimate of drug-likeness (QED) is 0.617. The average molecular weight is 495 g/mol. The first-order valence-corrected chi connectivity index (χ1v) is 12.3. The van der Waals surface area contributed by atoms with Crippen LogP contribution in [0.4, 0.5) is 11.4 Å². The Hall–Kier alpha value is -2.10. The summed E-state index contributed by atoms with van der Waals surface area (Å²) in [5.41, 5.74) is 1.65. The molecule has 7 nitrogen and oxygen atoms in total. The normalized spacial score (nSPS) is 14.4. The van der Waals surface area contributed by atoms with E-state index in [1.807, 2.05) is 19.9 Å². The van der Waals surface area contributed by atoms with Crippen LogP contribution in [0.5, 0.6) is 0 Å². The predicted molar refractivity (Wildman–Crippen MR) is 124 cm³/mol. The molecule has 1 fully saturated rings. The number of piperazine rings is 1. The predicted octanol–water partition coefficient (Wildman–Crippen LogP) is 3.14. The molecule has 0 bridgehead atoms. The van der Waals surface area contributed by atoms with Gasteiger partial charge in [0.1, 0.15) is 0 Å². The van der Waals surface area contributed by atoms with Gasteiger partial charge in [-0.2, -0.15) is 0 Å². The van der Waals surface area contributed by atoms with Crippen molar-refractivity contribution in [3.8, 4) is 0 Å². The van der Waals surface area contributed by atoms with Crippen molar-refractivity contribution in [2.75, 3.05) is 48.9 Å². The number of nitrogens with one attached hydrogen (secondary N) is 2. The van der Waals surface area contributed by atoms with E-state index in [0.717, 1.165) is 36.3 Å². The average Bonchev–Trinajstić information content (AvgIpc) is 2.75. The fourth-order valence-electron chi connectivity index (χ4n) is 3.44. The Morgan fingerprint density at radius 3 is 2.33 bits per heavy atom. The minimum absolute atomic E-state index is 0.115. The molecule has 2 N–H and O–H groups in total. The van der Waals surface area contributed by atoms with Gasteiger partial charge in [-0.25, -0.2) is 8.42 Å². The van der Waals surface area contributed by atoms with Crippen molar-refractivity contribution in [2.24, 2.45) is 0 Å². The van der Waals surface area contributed by atoms with Gasteiger partial charge in [-0.3, -0.25) is 9.52 Å². The summed E-state index contributed by atoms with van der Waals surface area (Å²) >= 11 is 3.33. The Bertz CT molecular complexity index is 986. The summed E-state index contributed by atoms with van der Waals surface area (Å²) in [6.45, 7) is 8.19. The molecule has 1 saturated heterocycles. The number of halogens is 1. The first-order valence-electron chi connectivity index (χ1n) is 10.0. The van der Waals surface area contributed by atoms with Crippen LogP contribution in [0.3, 0.4) is 0 Å². The summed E-state index contributed by atoms with van der Waals surface area (Å²) in [5.74, 6) is -0.115. The largest absolute Gasteiger partial charge is 0.367 e. The van der Waals surface area contributed by atoms with Crippen LogP contribution in [-0.4, -0.2) is 58.5 Å². The molecular formula is C21H27BrN4O3S. The summed E-state index contributed by atoms with van der Waals surface area (Å²) < 4.78 is 29.6. The second kappa shape index (κ2) is 9.80. The number of nitrogens with zero attached hydrogens (tertiary/aromatic N) is 2. The number of carbonyl (C=O) groups is 1. The number of rotatable bonds is 7. The van der Waals surface area contributed by atoms with Gasteiger partial charge in [-0.1, -0.05) is 15.9 Å². The van der Waals surface area contributed by atoms with E-state index in [1.54, 1.807) is 41.3 Å². The van der Waals surface area contributed by atoms with Crippen molar-refractivity contribution in [2.45, 2.75) is 18.7 Å². The lowest BCUT2D eigenvalue weighted by atomic mass is 10.1. The fourth-order valence-corrected chi connectivity index (χ4v) is 4.77. The first-order chi connectivity index (χ1) is 14.4. The second-order valence-corrected chi connectivity index (χ2v) is 9.60. The summed E-state index contributed by atoms with van der Waals surface area (Å²) in [4.78, 5) is 16.8. The molecule has 0 spiro atoms. The Balaban J connectivity index is 2.00. The third-order valence-electron chi connectivity index (χ3n) is 5.12. The standard InChI is InChI=1S/C21H27BrN4O3S/c1-3-25(4-2)21(27)16-5-10-20(26-13-11-23-12-14-26)19(15-16)24-30(28,29)18-8-6-17(22)7-9-18/h5-10,15,23-24H,3-4,11-14H2,1-2H3. The molecule has 9 heteroatoms. The minimum atomic E-state index is -3.80. The lowest BCUT2D eigenvalue weighted by molar-refractivity contribution is 0.0773. The van der Waals surface area contributed by atoms with E-state index in [2.05, 4.69) is 30.9 Å². The van der Waals surface area contributed by atoms with Gasteiger partial charge in [-0.05, 0) is 56.3 Å². The van der Waals surface area contributed by atoms with Crippen molar-refractivity contribution in [3.63, 3.8) is 0 Å². The number of hydrogen-bond acceptors (Lipinski definition) is 5. The molecule has 0 atom stereocenters. The number of carbonyl (C=O) groups excluding carboxylic acids is 1. The minimum Gasteiger partial charge on any atom is -0.367 e. The third kappa shape index (κ3) is 5.14. The molecular weight excluding hydrogens is 468 g/mol. The van der Waals surface area contributed by atoms with E-state index in [-0.39, 0.29) is 10.8 Å². The summed E-state index contributed by atoms with van der Waals surface area (Å²) in [5, 5.41) is 3.30. The van der Waals surface area contributed by atoms with Gasteiger partial charge in [0.05, 0.1) is 16.3 Å². The highest BCUT2D eigenvalue weighted by atomic mass is 79.9. The smallest absolute Gasteiger partial charge is 0.261 e. The maximum absolute atomic E-state index is 13.0. The zero-order valence-corrected chi connectivity index (χ0v) is 19.6. The maximum atomic E-state index is 13.0. The molecule has 3 rings (SSSR count). The summed E-state index contributed by atoms with van der Waals surface area (Å²) in [6, 6.07) is 11.7. The van der Waals surface area contributed by atoms with Crippen LogP contribution in [0.2, 0.25) is 0 Å². The van der Waals surface area contributed by atoms with Gasteiger partial charge in [0, 0.05) is 49.3 Å². The number of anilines is 2. The molecule has 162 valence electrons. The van der Waals surface area contributed by atoms with Gasteiger partial charge in [0.2, 0.25) is 0 Å². The molecule has 1 aliphatic heterocycles. The topological polar surface area (TPSA) is 81.8 Å². The van der Waals surface area contributed by atoms with E-state index in [4.69, 9.17) is 0 Å². The number of sulfonamides is 1. The van der Waals surface area contributed by atoms with Crippen LogP contribution in [0.1, 0.15) is 24.2 Å².